The second-order valence-electron chi connectivity index (χ2n) is 6.93. The molecule has 0 fully saturated rings. The van der Waals surface area contributed by atoms with Crippen LogP contribution in [0.4, 0.5) is 0 Å². The number of rotatable bonds is 9. The van der Waals surface area contributed by atoms with Crippen molar-refractivity contribution >= 4 is 34.0 Å². The molecule has 3 rings (SSSR count). The minimum atomic E-state index is -0.495. The lowest BCUT2D eigenvalue weighted by Crippen LogP contribution is -2.24. The second kappa shape index (κ2) is 11.8. The summed E-state index contributed by atoms with van der Waals surface area (Å²) >= 11 is 3.33. The summed E-state index contributed by atoms with van der Waals surface area (Å²) in [6.07, 6.45) is 1.46. The molecule has 0 aliphatic carbocycles. The Balaban J connectivity index is 1.58. The van der Waals surface area contributed by atoms with E-state index in [1.807, 2.05) is 26.0 Å². The van der Waals surface area contributed by atoms with Crippen molar-refractivity contribution in [2.75, 3.05) is 13.2 Å². The third-order valence-electron chi connectivity index (χ3n) is 4.34. The number of carbonyl (C=O) groups excluding carboxylic acids is 2. The molecule has 0 aromatic heterocycles. The molecule has 0 atom stereocenters. The lowest BCUT2D eigenvalue weighted by molar-refractivity contribution is -0.123. The van der Waals surface area contributed by atoms with Gasteiger partial charge >= 0.3 is 5.97 Å². The largest absolute Gasteiger partial charge is 0.490 e. The molecule has 7 nitrogen and oxygen atoms in total. The van der Waals surface area contributed by atoms with Gasteiger partial charge in [0, 0.05) is 4.47 Å². The van der Waals surface area contributed by atoms with Gasteiger partial charge in [0.1, 0.15) is 5.75 Å². The first-order valence-corrected chi connectivity index (χ1v) is 11.0. The molecular formula is C25H23BrN2O5. The molecule has 0 bridgehead atoms. The van der Waals surface area contributed by atoms with Gasteiger partial charge in [-0.15, -0.1) is 0 Å². The monoisotopic (exact) mass is 510 g/mol. The number of esters is 1. The van der Waals surface area contributed by atoms with E-state index in [0.717, 1.165) is 10.0 Å². The van der Waals surface area contributed by atoms with Gasteiger partial charge in [0.05, 0.1) is 18.4 Å². The highest BCUT2D eigenvalue weighted by atomic mass is 79.9. The summed E-state index contributed by atoms with van der Waals surface area (Å²) < 4.78 is 17.4. The van der Waals surface area contributed by atoms with Gasteiger partial charge in [-0.1, -0.05) is 33.6 Å². The number of hydrazone groups is 1. The van der Waals surface area contributed by atoms with Crippen LogP contribution in [0, 0.1) is 6.92 Å². The minimum absolute atomic E-state index is 0.157. The minimum Gasteiger partial charge on any atom is -0.490 e. The summed E-state index contributed by atoms with van der Waals surface area (Å²) in [7, 11) is 0. The predicted octanol–water partition coefficient (Wildman–Crippen LogP) is 4.90. The van der Waals surface area contributed by atoms with Crippen molar-refractivity contribution in [2.24, 2.45) is 5.10 Å². The molecule has 8 heteroatoms. The molecule has 1 amide bonds. The fourth-order valence-corrected chi connectivity index (χ4v) is 2.96. The fourth-order valence-electron chi connectivity index (χ4n) is 2.70. The number of aryl methyl sites for hydroxylation is 1. The quantitative estimate of drug-likeness (QED) is 0.191. The van der Waals surface area contributed by atoms with Crippen molar-refractivity contribution in [1.82, 2.24) is 5.43 Å². The number of amides is 1. The smallest absolute Gasteiger partial charge is 0.343 e. The van der Waals surface area contributed by atoms with Crippen LogP contribution in [0.25, 0.3) is 0 Å². The van der Waals surface area contributed by atoms with Crippen LogP contribution < -0.4 is 19.6 Å². The average molecular weight is 511 g/mol. The molecule has 170 valence electrons. The Morgan fingerprint density at radius 3 is 2.39 bits per heavy atom. The molecule has 0 spiro atoms. The predicted molar refractivity (Wildman–Crippen MR) is 129 cm³/mol. The number of carbonyl (C=O) groups is 2. The molecule has 0 saturated heterocycles. The highest BCUT2D eigenvalue weighted by molar-refractivity contribution is 9.10. The van der Waals surface area contributed by atoms with Gasteiger partial charge < -0.3 is 14.2 Å². The van der Waals surface area contributed by atoms with Gasteiger partial charge in [-0.25, -0.2) is 10.2 Å². The fraction of sp³-hybridized carbons (Fsp3) is 0.160. The summed E-state index contributed by atoms with van der Waals surface area (Å²) in [5.74, 6) is 0.398. The van der Waals surface area contributed by atoms with Crippen LogP contribution in [0.5, 0.6) is 17.2 Å². The van der Waals surface area contributed by atoms with Crippen LogP contribution in [0.3, 0.4) is 0 Å². The van der Waals surface area contributed by atoms with E-state index in [9.17, 15) is 9.59 Å². The highest BCUT2D eigenvalue weighted by Crippen LogP contribution is 2.29. The molecule has 3 aromatic carbocycles. The van der Waals surface area contributed by atoms with E-state index in [2.05, 4.69) is 26.5 Å². The molecule has 0 heterocycles. The first-order valence-electron chi connectivity index (χ1n) is 10.2. The van der Waals surface area contributed by atoms with Crippen LogP contribution in [0.2, 0.25) is 0 Å². The van der Waals surface area contributed by atoms with E-state index in [-0.39, 0.29) is 12.4 Å². The van der Waals surface area contributed by atoms with Gasteiger partial charge in [0.15, 0.2) is 18.1 Å². The number of nitrogens with zero attached hydrogens (tertiary/aromatic N) is 1. The molecular weight excluding hydrogens is 488 g/mol. The Morgan fingerprint density at radius 2 is 1.70 bits per heavy atom. The third-order valence-corrected chi connectivity index (χ3v) is 4.87. The topological polar surface area (TPSA) is 86.2 Å². The van der Waals surface area contributed by atoms with Crippen LogP contribution in [-0.2, 0) is 4.79 Å². The van der Waals surface area contributed by atoms with Crippen molar-refractivity contribution in [1.29, 1.82) is 0 Å². The first-order chi connectivity index (χ1) is 15.9. The molecule has 0 unspecified atom stereocenters. The standard InChI is InChI=1S/C25H23BrN2O5/c1-3-31-23-14-18(6-13-22(23)33-25(30)19-7-9-20(26)10-8-19)15-27-28-24(29)16-32-21-11-4-17(2)5-12-21/h4-15H,3,16H2,1-2H3,(H,28,29). The van der Waals surface area contributed by atoms with E-state index in [1.54, 1.807) is 54.6 Å². The van der Waals surface area contributed by atoms with E-state index >= 15 is 0 Å². The van der Waals surface area contributed by atoms with Crippen molar-refractivity contribution in [3.8, 4) is 17.2 Å². The van der Waals surface area contributed by atoms with Crippen molar-refractivity contribution in [3.63, 3.8) is 0 Å². The Morgan fingerprint density at radius 1 is 0.970 bits per heavy atom. The first kappa shape index (κ1) is 24.0. The number of ether oxygens (including phenoxy) is 3. The van der Waals surface area contributed by atoms with Gasteiger partial charge in [0.25, 0.3) is 5.91 Å². The molecule has 0 radical (unpaired) electrons. The molecule has 1 N–H and O–H groups in total. The highest BCUT2D eigenvalue weighted by Gasteiger charge is 2.13. The lowest BCUT2D eigenvalue weighted by atomic mass is 10.2. The van der Waals surface area contributed by atoms with E-state index in [0.29, 0.717) is 29.2 Å². The maximum Gasteiger partial charge on any atom is 0.343 e. The number of benzene rings is 3. The van der Waals surface area contributed by atoms with E-state index < -0.39 is 11.9 Å². The molecule has 0 saturated carbocycles. The second-order valence-corrected chi connectivity index (χ2v) is 7.85. The van der Waals surface area contributed by atoms with Gasteiger partial charge in [-0.2, -0.15) is 5.10 Å². The summed E-state index contributed by atoms with van der Waals surface area (Å²) in [5, 5.41) is 3.94. The molecule has 0 aliphatic rings. The Bertz CT molecular complexity index is 1130. The third kappa shape index (κ3) is 7.47. The Kier molecular flexibility index (Phi) is 8.60. The zero-order valence-corrected chi connectivity index (χ0v) is 19.8. The maximum atomic E-state index is 12.4. The van der Waals surface area contributed by atoms with Crippen LogP contribution >= 0.6 is 15.9 Å². The van der Waals surface area contributed by atoms with Crippen molar-refractivity contribution < 1.29 is 23.8 Å². The maximum absolute atomic E-state index is 12.4. The van der Waals surface area contributed by atoms with Crippen molar-refractivity contribution in [3.05, 3.63) is 87.9 Å². The summed E-state index contributed by atoms with van der Waals surface area (Å²) in [4.78, 5) is 24.4. The molecule has 33 heavy (non-hydrogen) atoms. The number of hydrogen-bond donors (Lipinski definition) is 1. The molecule has 0 aliphatic heterocycles. The van der Waals surface area contributed by atoms with E-state index in [4.69, 9.17) is 14.2 Å². The Labute approximate surface area is 200 Å². The van der Waals surface area contributed by atoms with Gasteiger partial charge in [0.2, 0.25) is 0 Å². The zero-order valence-electron chi connectivity index (χ0n) is 18.2. The number of hydrogen-bond acceptors (Lipinski definition) is 6. The molecule has 3 aromatic rings. The zero-order chi connectivity index (χ0) is 23.6. The summed E-state index contributed by atoms with van der Waals surface area (Å²) in [6.45, 7) is 4.03. The SMILES string of the molecule is CCOc1cc(C=NNC(=O)COc2ccc(C)cc2)ccc1OC(=O)c1ccc(Br)cc1. The average Bonchev–Trinajstić information content (AvgIpc) is 2.81. The van der Waals surface area contributed by atoms with E-state index in [1.165, 1.54) is 6.21 Å². The summed E-state index contributed by atoms with van der Waals surface area (Å²) in [6, 6.07) is 19.3. The van der Waals surface area contributed by atoms with Gasteiger partial charge in [-0.05, 0) is 74.0 Å². The van der Waals surface area contributed by atoms with Crippen LogP contribution in [0.15, 0.2) is 76.3 Å². The summed E-state index contributed by atoms with van der Waals surface area (Å²) in [5.41, 5.74) is 4.59. The number of nitrogens with one attached hydrogen (secondary N) is 1. The normalized spacial score (nSPS) is 10.6. The lowest BCUT2D eigenvalue weighted by Gasteiger charge is -2.11. The van der Waals surface area contributed by atoms with Crippen LogP contribution in [-0.4, -0.2) is 31.3 Å². The van der Waals surface area contributed by atoms with Gasteiger partial charge in [-0.3, -0.25) is 4.79 Å². The number of halogens is 1. The van der Waals surface area contributed by atoms with Crippen LogP contribution in [0.1, 0.15) is 28.4 Å². The Hall–Kier alpha value is -3.65. The van der Waals surface area contributed by atoms with Crippen molar-refractivity contribution in [2.45, 2.75) is 13.8 Å².